The number of aromatic nitrogens is 2. The van der Waals surface area contributed by atoms with Gasteiger partial charge in [-0.15, -0.1) is 0 Å². The fraction of sp³-hybridized carbons (Fsp3) is 0.308. The Balaban J connectivity index is 2.27. The molecule has 0 bridgehead atoms. The highest BCUT2D eigenvalue weighted by molar-refractivity contribution is 6.30. The lowest BCUT2D eigenvalue weighted by Gasteiger charge is -2.11. The molecule has 0 saturated heterocycles. The van der Waals surface area contributed by atoms with Gasteiger partial charge in [-0.25, -0.2) is 9.37 Å². The Morgan fingerprint density at radius 3 is 2.89 bits per heavy atom. The van der Waals surface area contributed by atoms with Gasteiger partial charge < -0.3 is 5.32 Å². The van der Waals surface area contributed by atoms with E-state index in [9.17, 15) is 4.39 Å². The Morgan fingerprint density at radius 1 is 1.44 bits per heavy atom. The van der Waals surface area contributed by atoms with E-state index in [1.165, 1.54) is 6.07 Å². The number of hydrogen-bond donors (Lipinski definition) is 1. The quantitative estimate of drug-likeness (QED) is 0.915. The summed E-state index contributed by atoms with van der Waals surface area (Å²) in [4.78, 5) is 4.21. The van der Waals surface area contributed by atoms with Crippen LogP contribution in [0.15, 0.2) is 30.6 Å². The number of nitrogens with one attached hydrogen (secondary N) is 1. The normalized spacial score (nSPS) is 10.9. The second kappa shape index (κ2) is 5.40. The Hall–Kier alpha value is -1.55. The molecule has 0 amide bonds. The fourth-order valence-electron chi connectivity index (χ4n) is 1.57. The molecule has 5 heteroatoms. The van der Waals surface area contributed by atoms with Crippen LogP contribution in [0, 0.1) is 11.7 Å². The Bertz CT molecular complexity index is 537. The van der Waals surface area contributed by atoms with Gasteiger partial charge >= 0.3 is 0 Å². The number of rotatable bonds is 4. The lowest BCUT2D eigenvalue weighted by atomic mass is 10.2. The summed E-state index contributed by atoms with van der Waals surface area (Å²) in [6.45, 7) is 5.04. The molecule has 0 aliphatic rings. The van der Waals surface area contributed by atoms with Gasteiger partial charge in [0, 0.05) is 18.9 Å². The second-order valence-electron chi connectivity index (χ2n) is 4.49. The minimum Gasteiger partial charge on any atom is -0.355 e. The van der Waals surface area contributed by atoms with Gasteiger partial charge in [0.25, 0.3) is 0 Å². The van der Waals surface area contributed by atoms with Crippen molar-refractivity contribution in [1.29, 1.82) is 0 Å². The van der Waals surface area contributed by atoms with Gasteiger partial charge in [-0.2, -0.15) is 0 Å². The van der Waals surface area contributed by atoms with Crippen LogP contribution in [0.5, 0.6) is 0 Å². The van der Waals surface area contributed by atoms with Crippen molar-refractivity contribution in [2.75, 3.05) is 11.9 Å². The number of imidazole rings is 1. The monoisotopic (exact) mass is 267 g/mol. The smallest absolute Gasteiger partial charge is 0.207 e. The minimum absolute atomic E-state index is 0.121. The third-order valence-electron chi connectivity index (χ3n) is 2.49. The van der Waals surface area contributed by atoms with Gasteiger partial charge in [-0.05, 0) is 24.1 Å². The molecule has 18 heavy (non-hydrogen) atoms. The van der Waals surface area contributed by atoms with Gasteiger partial charge in [0.1, 0.15) is 5.82 Å². The van der Waals surface area contributed by atoms with Crippen molar-refractivity contribution in [3.63, 3.8) is 0 Å². The molecule has 0 fully saturated rings. The summed E-state index contributed by atoms with van der Waals surface area (Å²) in [6.07, 6.45) is 3.46. The van der Waals surface area contributed by atoms with E-state index in [1.54, 1.807) is 29.1 Å². The highest BCUT2D eigenvalue weighted by Gasteiger charge is 2.07. The van der Waals surface area contributed by atoms with E-state index >= 15 is 0 Å². The molecule has 2 aromatic rings. The standard InChI is InChI=1S/C13H15ClFN3/c1-9(2)8-17-13-16-5-6-18(13)10-3-4-11(14)12(15)7-10/h3-7,9H,8H2,1-2H3,(H,16,17). The molecule has 1 heterocycles. The first-order valence-corrected chi connectivity index (χ1v) is 6.18. The summed E-state index contributed by atoms with van der Waals surface area (Å²) in [5.41, 5.74) is 0.695. The molecule has 0 unspecified atom stereocenters. The van der Waals surface area contributed by atoms with Gasteiger partial charge in [-0.3, -0.25) is 4.57 Å². The lowest BCUT2D eigenvalue weighted by Crippen LogP contribution is -2.12. The molecule has 0 atom stereocenters. The summed E-state index contributed by atoms with van der Waals surface area (Å²) < 4.78 is 15.2. The number of anilines is 1. The highest BCUT2D eigenvalue weighted by Crippen LogP contribution is 2.20. The molecule has 96 valence electrons. The highest BCUT2D eigenvalue weighted by atomic mass is 35.5. The van der Waals surface area contributed by atoms with Crippen molar-refractivity contribution < 1.29 is 4.39 Å². The fourth-order valence-corrected chi connectivity index (χ4v) is 1.69. The topological polar surface area (TPSA) is 29.9 Å². The Morgan fingerprint density at radius 2 is 2.22 bits per heavy atom. The zero-order valence-electron chi connectivity index (χ0n) is 10.3. The van der Waals surface area contributed by atoms with Crippen LogP contribution in [0.25, 0.3) is 5.69 Å². The average Bonchev–Trinajstić information content (AvgIpc) is 2.78. The number of nitrogens with zero attached hydrogens (tertiary/aromatic N) is 2. The average molecular weight is 268 g/mol. The molecular weight excluding hydrogens is 253 g/mol. The van der Waals surface area contributed by atoms with Crippen LogP contribution in [0.3, 0.4) is 0 Å². The summed E-state index contributed by atoms with van der Waals surface area (Å²) in [6, 6.07) is 4.69. The summed E-state index contributed by atoms with van der Waals surface area (Å²) in [5, 5.41) is 3.34. The van der Waals surface area contributed by atoms with Crippen LogP contribution in [-0.4, -0.2) is 16.1 Å². The Labute approximate surface area is 111 Å². The Kier molecular flexibility index (Phi) is 3.87. The van der Waals surface area contributed by atoms with Crippen molar-refractivity contribution >= 4 is 17.5 Å². The SMILES string of the molecule is CC(C)CNc1nccn1-c1ccc(Cl)c(F)c1. The summed E-state index contributed by atoms with van der Waals surface area (Å²) >= 11 is 5.67. The molecular formula is C13H15ClFN3. The van der Waals surface area contributed by atoms with Crippen molar-refractivity contribution in [3.05, 3.63) is 41.4 Å². The zero-order valence-corrected chi connectivity index (χ0v) is 11.1. The maximum atomic E-state index is 13.4. The van der Waals surface area contributed by atoms with Crippen molar-refractivity contribution in [2.24, 2.45) is 5.92 Å². The van der Waals surface area contributed by atoms with Crippen LogP contribution < -0.4 is 5.32 Å². The molecule has 3 nitrogen and oxygen atoms in total. The zero-order chi connectivity index (χ0) is 13.1. The van der Waals surface area contributed by atoms with Crippen LogP contribution in [0.4, 0.5) is 10.3 Å². The molecule has 0 spiro atoms. The van der Waals surface area contributed by atoms with E-state index in [4.69, 9.17) is 11.6 Å². The largest absolute Gasteiger partial charge is 0.355 e. The number of benzene rings is 1. The molecule has 0 aliphatic carbocycles. The molecule has 1 aromatic carbocycles. The molecule has 0 aliphatic heterocycles. The van der Waals surface area contributed by atoms with Crippen molar-refractivity contribution in [2.45, 2.75) is 13.8 Å². The van der Waals surface area contributed by atoms with Gasteiger partial charge in [0.15, 0.2) is 0 Å². The first kappa shape index (κ1) is 12.9. The molecule has 1 aromatic heterocycles. The van der Waals surface area contributed by atoms with Gasteiger partial charge in [0.2, 0.25) is 5.95 Å². The number of halogens is 2. The first-order valence-electron chi connectivity index (χ1n) is 5.80. The summed E-state index contributed by atoms with van der Waals surface area (Å²) in [7, 11) is 0. The lowest BCUT2D eigenvalue weighted by molar-refractivity contribution is 0.627. The third-order valence-corrected chi connectivity index (χ3v) is 2.80. The van der Waals surface area contributed by atoms with E-state index in [0.717, 1.165) is 6.54 Å². The van der Waals surface area contributed by atoms with E-state index in [0.29, 0.717) is 17.6 Å². The maximum Gasteiger partial charge on any atom is 0.207 e. The first-order chi connectivity index (χ1) is 8.58. The molecule has 0 saturated carbocycles. The maximum absolute atomic E-state index is 13.4. The van der Waals surface area contributed by atoms with E-state index in [-0.39, 0.29) is 5.02 Å². The predicted octanol–water partition coefficient (Wildman–Crippen LogP) is 3.73. The van der Waals surface area contributed by atoms with Crippen molar-refractivity contribution in [3.8, 4) is 5.69 Å². The van der Waals surface area contributed by atoms with Gasteiger partial charge in [0.05, 0.1) is 10.7 Å². The van der Waals surface area contributed by atoms with Crippen molar-refractivity contribution in [1.82, 2.24) is 9.55 Å². The van der Waals surface area contributed by atoms with Crippen LogP contribution in [-0.2, 0) is 0 Å². The second-order valence-corrected chi connectivity index (χ2v) is 4.90. The van der Waals surface area contributed by atoms with Crippen LogP contribution in [0.2, 0.25) is 5.02 Å². The minimum atomic E-state index is -0.433. The van der Waals surface area contributed by atoms with Gasteiger partial charge in [-0.1, -0.05) is 25.4 Å². The van der Waals surface area contributed by atoms with Crippen LogP contribution in [0.1, 0.15) is 13.8 Å². The molecule has 1 N–H and O–H groups in total. The molecule has 2 rings (SSSR count). The third kappa shape index (κ3) is 2.82. The summed E-state index contributed by atoms with van der Waals surface area (Å²) in [5.74, 6) is 0.778. The van der Waals surface area contributed by atoms with E-state index in [1.807, 2.05) is 0 Å². The van der Waals surface area contributed by atoms with E-state index in [2.05, 4.69) is 24.1 Å². The molecule has 0 radical (unpaired) electrons. The number of hydrogen-bond acceptors (Lipinski definition) is 2. The van der Waals surface area contributed by atoms with E-state index < -0.39 is 5.82 Å². The van der Waals surface area contributed by atoms with Crippen LogP contribution >= 0.6 is 11.6 Å². The predicted molar refractivity (Wildman–Crippen MR) is 71.9 cm³/mol.